The van der Waals surface area contributed by atoms with Crippen molar-refractivity contribution in [2.75, 3.05) is 27.2 Å². The Morgan fingerprint density at radius 3 is 2.40 bits per heavy atom. The minimum absolute atomic E-state index is 0.0360. The highest BCUT2D eigenvalue weighted by atomic mass is 16.6. The lowest BCUT2D eigenvalue weighted by Gasteiger charge is -2.38. The van der Waals surface area contributed by atoms with Crippen molar-refractivity contribution in [2.24, 2.45) is 5.92 Å². The molecule has 0 aliphatic carbocycles. The lowest BCUT2D eigenvalue weighted by Crippen LogP contribution is -2.55. The summed E-state index contributed by atoms with van der Waals surface area (Å²) in [5.41, 5.74) is -0.497. The standard InChI is InChI=1S/C14H27N3O3/c1-10-7-8-17(13(19)20-14(2,3)4)9-11(10)15-12(18)16(5)6/h10-11H,7-9H2,1-6H3,(H,15,18)/t10-,11+/m1/s1. The highest BCUT2D eigenvalue weighted by Gasteiger charge is 2.32. The molecule has 0 unspecified atom stereocenters. The second-order valence-corrected chi connectivity index (χ2v) is 6.64. The van der Waals surface area contributed by atoms with Crippen LogP contribution in [0, 0.1) is 5.92 Å². The molecule has 0 aromatic heterocycles. The Bertz CT molecular complexity index is 363. The van der Waals surface area contributed by atoms with Gasteiger partial charge in [-0.05, 0) is 33.1 Å². The van der Waals surface area contributed by atoms with Crippen molar-refractivity contribution in [1.82, 2.24) is 15.1 Å². The summed E-state index contributed by atoms with van der Waals surface area (Å²) in [6.45, 7) is 8.81. The number of likely N-dealkylation sites (tertiary alicyclic amines) is 1. The molecule has 0 bridgehead atoms. The van der Waals surface area contributed by atoms with Crippen LogP contribution in [0.2, 0.25) is 0 Å². The maximum absolute atomic E-state index is 12.1. The molecule has 116 valence electrons. The molecule has 6 heteroatoms. The minimum atomic E-state index is -0.497. The van der Waals surface area contributed by atoms with Gasteiger partial charge in [-0.3, -0.25) is 0 Å². The quantitative estimate of drug-likeness (QED) is 0.800. The smallest absolute Gasteiger partial charge is 0.410 e. The van der Waals surface area contributed by atoms with Gasteiger partial charge in [0.2, 0.25) is 0 Å². The summed E-state index contributed by atoms with van der Waals surface area (Å²) in [4.78, 5) is 27.0. The Kier molecular flexibility index (Phi) is 5.25. The molecule has 0 saturated carbocycles. The summed E-state index contributed by atoms with van der Waals surface area (Å²) in [7, 11) is 3.41. The Balaban J connectivity index is 2.61. The molecule has 3 amide bonds. The zero-order valence-corrected chi connectivity index (χ0v) is 13.4. The fraction of sp³-hybridized carbons (Fsp3) is 0.857. The number of carbonyl (C=O) groups excluding carboxylic acids is 2. The largest absolute Gasteiger partial charge is 0.444 e. The monoisotopic (exact) mass is 285 g/mol. The Morgan fingerprint density at radius 2 is 1.90 bits per heavy atom. The van der Waals surface area contributed by atoms with Crippen LogP contribution in [0.3, 0.4) is 0 Å². The first-order valence-electron chi connectivity index (χ1n) is 7.06. The third kappa shape index (κ3) is 4.90. The van der Waals surface area contributed by atoms with Gasteiger partial charge in [-0.25, -0.2) is 9.59 Å². The molecule has 1 fully saturated rings. The molecule has 6 nitrogen and oxygen atoms in total. The molecule has 0 aromatic rings. The van der Waals surface area contributed by atoms with Crippen LogP contribution in [0.15, 0.2) is 0 Å². The molecule has 1 N–H and O–H groups in total. The van der Waals surface area contributed by atoms with Gasteiger partial charge in [0, 0.05) is 27.2 Å². The topological polar surface area (TPSA) is 61.9 Å². The molecule has 0 radical (unpaired) electrons. The van der Waals surface area contributed by atoms with Gasteiger partial charge in [-0.2, -0.15) is 0 Å². The van der Waals surface area contributed by atoms with Crippen LogP contribution in [0.5, 0.6) is 0 Å². The summed E-state index contributed by atoms with van der Waals surface area (Å²) < 4.78 is 5.38. The van der Waals surface area contributed by atoms with Gasteiger partial charge in [-0.15, -0.1) is 0 Å². The van der Waals surface area contributed by atoms with E-state index in [2.05, 4.69) is 12.2 Å². The molecule has 1 heterocycles. The minimum Gasteiger partial charge on any atom is -0.444 e. The van der Waals surface area contributed by atoms with Crippen molar-refractivity contribution in [3.63, 3.8) is 0 Å². The zero-order chi connectivity index (χ0) is 15.5. The van der Waals surface area contributed by atoms with E-state index >= 15 is 0 Å². The first kappa shape index (κ1) is 16.6. The number of ether oxygens (including phenoxy) is 1. The number of hydrogen-bond acceptors (Lipinski definition) is 3. The van der Waals surface area contributed by atoms with E-state index in [0.29, 0.717) is 19.0 Å². The van der Waals surface area contributed by atoms with Crippen molar-refractivity contribution in [1.29, 1.82) is 0 Å². The highest BCUT2D eigenvalue weighted by Crippen LogP contribution is 2.19. The van der Waals surface area contributed by atoms with Crippen LogP contribution in [0.25, 0.3) is 0 Å². The second-order valence-electron chi connectivity index (χ2n) is 6.64. The molecule has 0 spiro atoms. The number of rotatable bonds is 1. The van der Waals surface area contributed by atoms with Crippen molar-refractivity contribution in [3.05, 3.63) is 0 Å². The van der Waals surface area contributed by atoms with Gasteiger partial charge in [0.1, 0.15) is 5.60 Å². The van der Waals surface area contributed by atoms with Crippen LogP contribution in [-0.4, -0.2) is 60.8 Å². The maximum Gasteiger partial charge on any atom is 0.410 e. The molecule has 1 saturated heterocycles. The molecular formula is C14H27N3O3. The summed E-state index contributed by atoms with van der Waals surface area (Å²) in [5, 5.41) is 2.95. The number of urea groups is 1. The summed E-state index contributed by atoms with van der Waals surface area (Å²) in [5.74, 6) is 0.345. The van der Waals surface area contributed by atoms with Gasteiger partial charge in [0.05, 0.1) is 6.04 Å². The van der Waals surface area contributed by atoms with E-state index in [-0.39, 0.29) is 18.2 Å². The summed E-state index contributed by atoms with van der Waals surface area (Å²) in [6, 6.07) is -0.168. The first-order chi connectivity index (χ1) is 9.10. The average Bonchev–Trinajstić information content (AvgIpc) is 2.29. The van der Waals surface area contributed by atoms with Gasteiger partial charge in [0.25, 0.3) is 0 Å². The van der Waals surface area contributed by atoms with Crippen LogP contribution in [-0.2, 0) is 4.74 Å². The SMILES string of the molecule is C[C@@H]1CCN(C(=O)OC(C)(C)C)C[C@@H]1NC(=O)N(C)C. The third-order valence-electron chi connectivity index (χ3n) is 3.33. The van der Waals surface area contributed by atoms with Crippen LogP contribution < -0.4 is 5.32 Å². The first-order valence-corrected chi connectivity index (χ1v) is 7.06. The van der Waals surface area contributed by atoms with Crippen molar-refractivity contribution in [2.45, 2.75) is 45.8 Å². The van der Waals surface area contributed by atoms with Gasteiger partial charge < -0.3 is 19.9 Å². The Hall–Kier alpha value is -1.46. The number of amides is 3. The highest BCUT2D eigenvalue weighted by molar-refractivity contribution is 5.74. The molecule has 1 aliphatic rings. The molecule has 1 rings (SSSR count). The molecule has 1 aliphatic heterocycles. The molecule has 2 atom stereocenters. The van der Waals surface area contributed by atoms with Crippen molar-refractivity contribution < 1.29 is 14.3 Å². The lowest BCUT2D eigenvalue weighted by atomic mass is 9.94. The maximum atomic E-state index is 12.1. The van der Waals surface area contributed by atoms with Gasteiger partial charge in [-0.1, -0.05) is 6.92 Å². The average molecular weight is 285 g/mol. The number of hydrogen-bond donors (Lipinski definition) is 1. The van der Waals surface area contributed by atoms with E-state index in [1.807, 2.05) is 20.8 Å². The third-order valence-corrected chi connectivity index (χ3v) is 3.33. The van der Waals surface area contributed by atoms with E-state index in [0.717, 1.165) is 6.42 Å². The van der Waals surface area contributed by atoms with E-state index in [1.165, 1.54) is 4.90 Å². The number of nitrogens with zero attached hydrogens (tertiary/aromatic N) is 2. The normalized spacial score (nSPS) is 23.2. The van der Waals surface area contributed by atoms with Crippen LogP contribution >= 0.6 is 0 Å². The number of carbonyl (C=O) groups is 2. The summed E-state index contributed by atoms with van der Waals surface area (Å²) >= 11 is 0. The Morgan fingerprint density at radius 1 is 1.30 bits per heavy atom. The van der Waals surface area contributed by atoms with E-state index in [1.54, 1.807) is 19.0 Å². The van der Waals surface area contributed by atoms with E-state index in [9.17, 15) is 9.59 Å². The van der Waals surface area contributed by atoms with Crippen LogP contribution in [0.1, 0.15) is 34.1 Å². The zero-order valence-electron chi connectivity index (χ0n) is 13.4. The predicted molar refractivity (Wildman–Crippen MR) is 77.6 cm³/mol. The molecule has 0 aromatic carbocycles. The van der Waals surface area contributed by atoms with Crippen molar-refractivity contribution in [3.8, 4) is 0 Å². The van der Waals surface area contributed by atoms with E-state index in [4.69, 9.17) is 4.74 Å². The van der Waals surface area contributed by atoms with Crippen LogP contribution in [0.4, 0.5) is 9.59 Å². The molecule has 20 heavy (non-hydrogen) atoms. The lowest BCUT2D eigenvalue weighted by molar-refractivity contribution is 0.0151. The second kappa shape index (κ2) is 6.33. The number of nitrogens with one attached hydrogen (secondary N) is 1. The molecular weight excluding hydrogens is 258 g/mol. The number of piperidine rings is 1. The summed E-state index contributed by atoms with van der Waals surface area (Å²) in [6.07, 6.45) is 0.547. The Labute approximate surface area is 121 Å². The predicted octanol–water partition coefficient (Wildman–Crippen LogP) is 1.90. The fourth-order valence-corrected chi connectivity index (χ4v) is 2.04. The van der Waals surface area contributed by atoms with Gasteiger partial charge in [0.15, 0.2) is 0 Å². The van der Waals surface area contributed by atoms with E-state index < -0.39 is 5.60 Å². The fourth-order valence-electron chi connectivity index (χ4n) is 2.04. The van der Waals surface area contributed by atoms with Crippen molar-refractivity contribution >= 4 is 12.1 Å². The van der Waals surface area contributed by atoms with Gasteiger partial charge >= 0.3 is 12.1 Å².